The molecule has 10 nitrogen and oxygen atoms in total. The molecular formula is C30H36N6O4. The van der Waals surface area contributed by atoms with Crippen molar-refractivity contribution in [2.45, 2.75) is 25.5 Å². The van der Waals surface area contributed by atoms with Gasteiger partial charge in [0.1, 0.15) is 23.7 Å². The monoisotopic (exact) mass is 544 g/mol. The van der Waals surface area contributed by atoms with Crippen molar-refractivity contribution < 1.29 is 19.3 Å². The van der Waals surface area contributed by atoms with Crippen molar-refractivity contribution in [2.75, 3.05) is 65.0 Å². The number of nitriles is 1. The van der Waals surface area contributed by atoms with Gasteiger partial charge < -0.3 is 24.6 Å². The van der Waals surface area contributed by atoms with Gasteiger partial charge in [-0.05, 0) is 30.3 Å². The minimum Gasteiger partial charge on any atom is -0.496 e. The van der Waals surface area contributed by atoms with E-state index in [0.29, 0.717) is 36.2 Å². The summed E-state index contributed by atoms with van der Waals surface area (Å²) in [4.78, 5) is 13.8. The summed E-state index contributed by atoms with van der Waals surface area (Å²) in [6, 6.07) is 15.7. The average molecular weight is 545 g/mol. The van der Waals surface area contributed by atoms with Crippen molar-refractivity contribution in [3.63, 3.8) is 0 Å². The number of methoxy groups -OCH3 is 1. The van der Waals surface area contributed by atoms with Crippen LogP contribution in [0.4, 0.5) is 11.6 Å². The van der Waals surface area contributed by atoms with E-state index < -0.39 is 0 Å². The van der Waals surface area contributed by atoms with Crippen LogP contribution in [0.25, 0.3) is 11.3 Å². The lowest BCUT2D eigenvalue weighted by atomic mass is 10.1. The highest BCUT2D eigenvalue weighted by Crippen LogP contribution is 2.29. The molecule has 2 aliphatic heterocycles. The third-order valence-corrected chi connectivity index (χ3v) is 7.33. The van der Waals surface area contributed by atoms with E-state index in [4.69, 9.17) is 24.3 Å². The van der Waals surface area contributed by atoms with Crippen LogP contribution in [-0.4, -0.2) is 90.6 Å². The highest BCUT2D eigenvalue weighted by molar-refractivity contribution is 5.66. The first-order valence-corrected chi connectivity index (χ1v) is 13.8. The maximum Gasteiger partial charge on any atom is 0.227 e. The van der Waals surface area contributed by atoms with Crippen molar-refractivity contribution in [2.24, 2.45) is 0 Å². The Kier molecular flexibility index (Phi) is 9.42. The Balaban J connectivity index is 1.25. The summed E-state index contributed by atoms with van der Waals surface area (Å²) in [5.41, 5.74) is 3.94. The topological polar surface area (TPSA) is 116 Å². The molecule has 210 valence electrons. The van der Waals surface area contributed by atoms with Crippen LogP contribution in [-0.2, 0) is 11.3 Å². The number of hydrogen-bond donors (Lipinski definition) is 2. The summed E-state index contributed by atoms with van der Waals surface area (Å²) < 4.78 is 17.2. The number of aliphatic hydroxyl groups excluding tert-OH is 1. The first-order valence-electron chi connectivity index (χ1n) is 13.8. The fourth-order valence-electron chi connectivity index (χ4n) is 5.07. The highest BCUT2D eigenvalue weighted by atomic mass is 16.5. The molecule has 1 aromatic heterocycles. The van der Waals surface area contributed by atoms with Crippen molar-refractivity contribution >= 4 is 11.6 Å². The number of rotatable bonds is 10. The van der Waals surface area contributed by atoms with Gasteiger partial charge in [-0.1, -0.05) is 6.07 Å². The van der Waals surface area contributed by atoms with Crippen LogP contribution in [0.5, 0.6) is 11.5 Å². The molecule has 10 heteroatoms. The van der Waals surface area contributed by atoms with Gasteiger partial charge in [-0.15, -0.1) is 0 Å². The Hall–Kier alpha value is -3.75. The van der Waals surface area contributed by atoms with Crippen molar-refractivity contribution in [1.82, 2.24) is 19.8 Å². The van der Waals surface area contributed by atoms with Crippen LogP contribution in [0.15, 0.2) is 48.7 Å². The second-order valence-corrected chi connectivity index (χ2v) is 10.0. The summed E-state index contributed by atoms with van der Waals surface area (Å²) in [5, 5.41) is 22.2. The zero-order valence-electron chi connectivity index (χ0n) is 22.9. The highest BCUT2D eigenvalue weighted by Gasteiger charge is 2.19. The maximum atomic E-state index is 9.75. The Morgan fingerprint density at radius 1 is 1.05 bits per heavy atom. The molecule has 3 heterocycles. The minimum absolute atomic E-state index is 0.0621. The zero-order chi connectivity index (χ0) is 27.7. The molecule has 0 bridgehead atoms. The lowest BCUT2D eigenvalue weighted by molar-refractivity contribution is 0.0254. The van der Waals surface area contributed by atoms with Crippen LogP contribution < -0.4 is 14.8 Å². The Bertz CT molecular complexity index is 1320. The van der Waals surface area contributed by atoms with Gasteiger partial charge >= 0.3 is 0 Å². The average Bonchev–Trinajstić information content (AvgIpc) is 3.00. The van der Waals surface area contributed by atoms with E-state index in [9.17, 15) is 5.26 Å². The largest absolute Gasteiger partial charge is 0.496 e. The molecule has 0 saturated carbocycles. The molecule has 2 aromatic carbocycles. The molecule has 0 spiro atoms. The lowest BCUT2D eigenvalue weighted by Gasteiger charge is -2.34. The predicted octanol–water partition coefficient (Wildman–Crippen LogP) is 3.44. The lowest BCUT2D eigenvalue weighted by Crippen LogP contribution is -2.46. The van der Waals surface area contributed by atoms with Crippen LogP contribution in [0.1, 0.15) is 24.0 Å². The number of hydrogen-bond acceptors (Lipinski definition) is 10. The number of aliphatic hydroxyl groups is 1. The van der Waals surface area contributed by atoms with Crippen LogP contribution in [0.2, 0.25) is 0 Å². The number of anilines is 2. The number of β-amino-alcohol motifs (C(OH)–C–C–N with tert-alkyl or cyclic N) is 1. The second-order valence-electron chi connectivity index (χ2n) is 10.0. The molecule has 0 radical (unpaired) electrons. The van der Waals surface area contributed by atoms with Crippen molar-refractivity contribution in [3.05, 3.63) is 59.8 Å². The van der Waals surface area contributed by atoms with Gasteiger partial charge in [0.2, 0.25) is 5.95 Å². The molecule has 3 aromatic rings. The van der Waals surface area contributed by atoms with E-state index in [2.05, 4.69) is 32.2 Å². The molecule has 0 amide bonds. The molecule has 0 aliphatic carbocycles. The van der Waals surface area contributed by atoms with E-state index in [0.717, 1.165) is 74.7 Å². The summed E-state index contributed by atoms with van der Waals surface area (Å²) >= 11 is 0. The Morgan fingerprint density at radius 3 is 2.60 bits per heavy atom. The van der Waals surface area contributed by atoms with Gasteiger partial charge in [-0.2, -0.15) is 5.26 Å². The van der Waals surface area contributed by atoms with E-state index >= 15 is 0 Å². The summed E-state index contributed by atoms with van der Waals surface area (Å²) in [6.45, 7) is 6.93. The number of benzene rings is 2. The molecule has 0 unspecified atom stereocenters. The van der Waals surface area contributed by atoms with Crippen molar-refractivity contribution in [1.29, 1.82) is 5.26 Å². The van der Waals surface area contributed by atoms with Crippen molar-refractivity contribution in [3.8, 4) is 28.8 Å². The molecule has 0 atom stereocenters. The standard InChI is InChI=1S/C30H36N6O4/c1-38-29-19-25(4-2-23(29)21-36-12-10-35(11-13-36)14-15-37)33-30-32-9-6-27(34-30)22-3-5-28(24(18-22)20-31)40-26-7-16-39-17-8-26/h2-6,9,18-19,26,37H,7-8,10-17,21H2,1H3,(H,32,33,34). The molecule has 2 N–H and O–H groups in total. The number of aromatic nitrogens is 2. The molecule has 5 rings (SSSR count). The number of piperazine rings is 1. The predicted molar refractivity (Wildman–Crippen MR) is 152 cm³/mol. The van der Waals surface area contributed by atoms with E-state index in [1.807, 2.05) is 36.4 Å². The molecule has 2 fully saturated rings. The van der Waals surface area contributed by atoms with Gasteiger partial charge in [-0.25, -0.2) is 9.97 Å². The summed E-state index contributed by atoms with van der Waals surface area (Å²) in [5.74, 6) is 1.84. The van der Waals surface area contributed by atoms with Gasteiger partial charge in [0.25, 0.3) is 0 Å². The molecule has 2 saturated heterocycles. The number of ether oxygens (including phenoxy) is 3. The third-order valence-electron chi connectivity index (χ3n) is 7.33. The SMILES string of the molecule is COc1cc(Nc2nccc(-c3ccc(OC4CCOCC4)c(C#N)c3)n2)ccc1CN1CCN(CCO)CC1. The first-order chi connectivity index (χ1) is 19.6. The maximum absolute atomic E-state index is 9.75. The number of nitrogens with one attached hydrogen (secondary N) is 1. The normalized spacial score (nSPS) is 16.8. The third kappa shape index (κ3) is 7.06. The van der Waals surface area contributed by atoms with Gasteiger partial charge in [0.05, 0.1) is 38.2 Å². The fourth-order valence-corrected chi connectivity index (χ4v) is 5.07. The summed E-state index contributed by atoms with van der Waals surface area (Å²) in [6.07, 6.45) is 3.40. The number of nitrogens with zero attached hydrogens (tertiary/aromatic N) is 5. The Morgan fingerprint density at radius 2 is 1.85 bits per heavy atom. The fraction of sp³-hybridized carbons (Fsp3) is 0.433. The van der Waals surface area contributed by atoms with Crippen LogP contribution >= 0.6 is 0 Å². The zero-order valence-corrected chi connectivity index (χ0v) is 22.9. The van der Waals surface area contributed by atoms with E-state index in [1.54, 1.807) is 13.3 Å². The second kappa shape index (κ2) is 13.5. The van der Waals surface area contributed by atoms with Crippen LogP contribution in [0.3, 0.4) is 0 Å². The smallest absolute Gasteiger partial charge is 0.227 e. The first kappa shape index (κ1) is 27.8. The molecule has 40 heavy (non-hydrogen) atoms. The molecule has 2 aliphatic rings. The van der Waals surface area contributed by atoms with Gasteiger partial charge in [0.15, 0.2) is 0 Å². The van der Waals surface area contributed by atoms with E-state index in [-0.39, 0.29) is 12.7 Å². The Labute approximate surface area is 235 Å². The quantitative estimate of drug-likeness (QED) is 0.393. The minimum atomic E-state index is 0.0621. The van der Waals surface area contributed by atoms with E-state index in [1.165, 1.54) is 0 Å². The van der Waals surface area contributed by atoms with Gasteiger partial charge in [0, 0.05) is 81.2 Å². The molecular weight excluding hydrogens is 508 g/mol. The van der Waals surface area contributed by atoms with Gasteiger partial charge in [-0.3, -0.25) is 9.80 Å². The summed E-state index contributed by atoms with van der Waals surface area (Å²) in [7, 11) is 1.68. The van der Waals surface area contributed by atoms with Crippen LogP contribution in [0, 0.1) is 11.3 Å².